The quantitative estimate of drug-likeness (QED) is 0.464. The van der Waals surface area contributed by atoms with Crippen molar-refractivity contribution >= 4 is 35.9 Å². The SMILES string of the molecule is CS(=O)(=S)OCCOCCOCCBr. The molecular formula is C7H15BrO4S2. The topological polar surface area (TPSA) is 44.8 Å². The summed E-state index contributed by atoms with van der Waals surface area (Å²) in [6, 6.07) is 0. The number of hydrogen-bond acceptors (Lipinski definition) is 5. The van der Waals surface area contributed by atoms with E-state index >= 15 is 0 Å². The second-order valence-corrected chi connectivity index (χ2v) is 6.69. The van der Waals surface area contributed by atoms with E-state index in [1.807, 2.05) is 0 Å². The highest BCUT2D eigenvalue weighted by Gasteiger charge is 1.96. The minimum Gasteiger partial charge on any atom is -0.378 e. The Morgan fingerprint density at radius 2 is 1.64 bits per heavy atom. The summed E-state index contributed by atoms with van der Waals surface area (Å²) < 4.78 is 26.0. The number of halogens is 1. The molecule has 0 spiro atoms. The van der Waals surface area contributed by atoms with Gasteiger partial charge in [0.15, 0.2) is 0 Å². The van der Waals surface area contributed by atoms with Gasteiger partial charge in [0.2, 0.25) is 0 Å². The summed E-state index contributed by atoms with van der Waals surface area (Å²) in [5, 5.41) is 0.823. The zero-order chi connectivity index (χ0) is 10.9. The lowest BCUT2D eigenvalue weighted by Gasteiger charge is -2.05. The molecule has 0 N–H and O–H groups in total. The van der Waals surface area contributed by atoms with Gasteiger partial charge in [-0.05, 0) is 0 Å². The number of ether oxygens (including phenoxy) is 2. The molecule has 0 heterocycles. The molecule has 0 aliphatic heterocycles. The van der Waals surface area contributed by atoms with Gasteiger partial charge in [0.1, 0.15) is 8.77 Å². The van der Waals surface area contributed by atoms with Crippen LogP contribution in [-0.4, -0.2) is 48.8 Å². The first-order chi connectivity index (χ1) is 6.56. The van der Waals surface area contributed by atoms with Crippen molar-refractivity contribution in [3.63, 3.8) is 0 Å². The molecule has 0 aromatic rings. The van der Waals surface area contributed by atoms with Gasteiger partial charge in [0.05, 0.1) is 33.0 Å². The summed E-state index contributed by atoms with van der Waals surface area (Å²) in [5.74, 6) is 0. The van der Waals surface area contributed by atoms with E-state index in [0.29, 0.717) is 26.4 Å². The Labute approximate surface area is 98.3 Å². The minimum atomic E-state index is -2.51. The molecule has 0 amide bonds. The Balaban J connectivity index is 3.07. The van der Waals surface area contributed by atoms with Crippen LogP contribution in [0.15, 0.2) is 0 Å². The molecule has 86 valence electrons. The van der Waals surface area contributed by atoms with Gasteiger partial charge in [-0.25, -0.2) is 4.21 Å². The molecule has 0 rings (SSSR count). The van der Waals surface area contributed by atoms with Gasteiger partial charge in [-0.15, -0.1) is 0 Å². The average Bonchev–Trinajstić information content (AvgIpc) is 2.08. The van der Waals surface area contributed by atoms with Crippen LogP contribution in [0.2, 0.25) is 0 Å². The van der Waals surface area contributed by atoms with Crippen LogP contribution in [0.25, 0.3) is 0 Å². The third kappa shape index (κ3) is 12.7. The molecular weight excluding hydrogens is 292 g/mol. The molecule has 0 aliphatic carbocycles. The molecule has 0 saturated carbocycles. The van der Waals surface area contributed by atoms with Crippen LogP contribution >= 0.6 is 15.9 Å². The van der Waals surface area contributed by atoms with Gasteiger partial charge in [0.25, 0.3) is 0 Å². The number of hydrogen-bond donors (Lipinski definition) is 0. The van der Waals surface area contributed by atoms with Crippen LogP contribution in [0.3, 0.4) is 0 Å². The van der Waals surface area contributed by atoms with E-state index in [2.05, 4.69) is 27.1 Å². The molecule has 14 heavy (non-hydrogen) atoms. The first-order valence-corrected chi connectivity index (χ1v) is 8.06. The summed E-state index contributed by atoms with van der Waals surface area (Å²) in [4.78, 5) is 0. The molecule has 0 aromatic heterocycles. The molecule has 0 aromatic carbocycles. The summed E-state index contributed by atoms with van der Waals surface area (Å²) >= 11 is 7.78. The molecule has 4 nitrogen and oxygen atoms in total. The maximum atomic E-state index is 10.9. The van der Waals surface area contributed by atoms with Gasteiger partial charge in [-0.2, -0.15) is 0 Å². The highest BCUT2D eigenvalue weighted by molar-refractivity contribution is 9.09. The molecule has 0 radical (unpaired) electrons. The van der Waals surface area contributed by atoms with E-state index in [9.17, 15) is 4.21 Å². The van der Waals surface area contributed by atoms with Gasteiger partial charge < -0.3 is 9.47 Å². The number of alkyl halides is 1. The predicted molar refractivity (Wildman–Crippen MR) is 62.8 cm³/mol. The lowest BCUT2D eigenvalue weighted by atomic mass is 10.7. The number of rotatable bonds is 9. The smallest absolute Gasteiger partial charge is 0.141 e. The highest BCUT2D eigenvalue weighted by Crippen LogP contribution is 1.88. The molecule has 1 atom stereocenters. The Hall–Kier alpha value is 0.730. The lowest BCUT2D eigenvalue weighted by Crippen LogP contribution is -2.12. The van der Waals surface area contributed by atoms with E-state index in [1.165, 1.54) is 6.26 Å². The first-order valence-electron chi connectivity index (χ1n) is 4.12. The van der Waals surface area contributed by atoms with Crippen molar-refractivity contribution in [3.05, 3.63) is 0 Å². The fourth-order valence-electron chi connectivity index (χ4n) is 0.621. The van der Waals surface area contributed by atoms with Crippen LogP contribution < -0.4 is 0 Å². The molecule has 0 saturated heterocycles. The van der Waals surface area contributed by atoms with E-state index < -0.39 is 8.77 Å². The van der Waals surface area contributed by atoms with Gasteiger partial charge in [-0.3, -0.25) is 4.18 Å². The second-order valence-electron chi connectivity index (χ2n) is 2.44. The van der Waals surface area contributed by atoms with Crippen molar-refractivity contribution in [1.82, 2.24) is 0 Å². The Kier molecular flexibility index (Phi) is 9.46. The van der Waals surface area contributed by atoms with Crippen molar-refractivity contribution in [2.24, 2.45) is 0 Å². The van der Waals surface area contributed by atoms with Crippen LogP contribution in [-0.2, 0) is 33.6 Å². The fraction of sp³-hybridized carbons (Fsp3) is 1.00. The highest BCUT2D eigenvalue weighted by atomic mass is 79.9. The Morgan fingerprint density at radius 1 is 1.14 bits per heavy atom. The largest absolute Gasteiger partial charge is 0.378 e. The third-order valence-electron chi connectivity index (χ3n) is 1.12. The molecule has 1 unspecified atom stereocenters. The summed E-state index contributed by atoms with van der Waals surface area (Å²) in [5.41, 5.74) is 0. The van der Waals surface area contributed by atoms with Crippen molar-refractivity contribution in [2.75, 3.05) is 44.6 Å². The van der Waals surface area contributed by atoms with Gasteiger partial charge in [-0.1, -0.05) is 15.9 Å². The lowest BCUT2D eigenvalue weighted by molar-refractivity contribution is 0.0431. The Bertz CT molecular complexity index is 218. The third-order valence-corrected chi connectivity index (χ3v) is 2.33. The molecule has 7 heteroatoms. The minimum absolute atomic E-state index is 0.261. The van der Waals surface area contributed by atoms with Crippen molar-refractivity contribution < 1.29 is 17.9 Å². The first kappa shape index (κ1) is 14.7. The zero-order valence-corrected chi connectivity index (χ0v) is 11.3. The Morgan fingerprint density at radius 3 is 2.14 bits per heavy atom. The molecule has 0 aliphatic rings. The van der Waals surface area contributed by atoms with Gasteiger partial charge >= 0.3 is 0 Å². The predicted octanol–water partition coefficient (Wildman–Crippen LogP) is 0.722. The van der Waals surface area contributed by atoms with Crippen LogP contribution in [0.1, 0.15) is 0 Å². The standard InChI is InChI=1S/C7H15BrO4S2/c1-14(9,13)12-7-6-11-5-4-10-3-2-8/h2-7H2,1H3. The summed E-state index contributed by atoms with van der Waals surface area (Å²) in [6.07, 6.45) is 1.38. The van der Waals surface area contributed by atoms with E-state index in [4.69, 9.17) is 13.7 Å². The van der Waals surface area contributed by atoms with Crippen LogP contribution in [0.4, 0.5) is 0 Å². The van der Waals surface area contributed by atoms with E-state index in [-0.39, 0.29) is 6.61 Å². The van der Waals surface area contributed by atoms with E-state index in [1.54, 1.807) is 0 Å². The van der Waals surface area contributed by atoms with E-state index in [0.717, 1.165) is 5.33 Å². The van der Waals surface area contributed by atoms with Crippen molar-refractivity contribution in [1.29, 1.82) is 0 Å². The maximum absolute atomic E-state index is 10.9. The van der Waals surface area contributed by atoms with Gasteiger partial charge in [0, 0.05) is 22.8 Å². The second kappa shape index (κ2) is 8.99. The summed E-state index contributed by atoms with van der Waals surface area (Å²) in [6.45, 7) is 2.39. The molecule has 0 fully saturated rings. The van der Waals surface area contributed by atoms with Crippen molar-refractivity contribution in [3.8, 4) is 0 Å². The normalized spacial score (nSPS) is 15.3. The van der Waals surface area contributed by atoms with Crippen LogP contribution in [0, 0.1) is 0 Å². The van der Waals surface area contributed by atoms with Crippen molar-refractivity contribution in [2.45, 2.75) is 0 Å². The molecule has 0 bridgehead atoms. The average molecular weight is 307 g/mol. The monoisotopic (exact) mass is 306 g/mol. The fourth-order valence-corrected chi connectivity index (χ4v) is 1.42. The summed E-state index contributed by atoms with van der Waals surface area (Å²) in [7, 11) is -2.51. The van der Waals surface area contributed by atoms with Crippen LogP contribution in [0.5, 0.6) is 0 Å². The zero-order valence-electron chi connectivity index (χ0n) is 8.07. The maximum Gasteiger partial charge on any atom is 0.141 e.